The number of hydrogen-bond acceptors (Lipinski definition) is 6. The summed E-state index contributed by atoms with van der Waals surface area (Å²) in [6.45, 7) is -1.10. The van der Waals surface area contributed by atoms with Crippen LogP contribution >= 0.6 is 0 Å². The molecule has 0 saturated heterocycles. The summed E-state index contributed by atoms with van der Waals surface area (Å²) in [6, 6.07) is 8.85. The van der Waals surface area contributed by atoms with Crippen molar-refractivity contribution >= 4 is 12.2 Å². The largest absolute Gasteiger partial charge is 0.496 e. The fourth-order valence-electron chi connectivity index (χ4n) is 4.63. The topological polar surface area (TPSA) is 68.4 Å². The molecule has 1 atom stereocenters. The third-order valence-corrected chi connectivity index (χ3v) is 6.75. The second kappa shape index (κ2) is 11.1. The number of aliphatic imine (C=N–C) groups is 1. The van der Waals surface area contributed by atoms with Crippen LogP contribution in [0.25, 0.3) is 11.1 Å². The number of benzene rings is 3. The minimum Gasteiger partial charge on any atom is -0.496 e. The number of alkyl halides is 9. The fraction of sp³-hybridized carbons (Fsp3) is 0.286. The van der Waals surface area contributed by atoms with E-state index in [-0.39, 0.29) is 29.2 Å². The Kier molecular flexibility index (Phi) is 7.80. The number of hydrogen-bond donors (Lipinski definition) is 0. The number of nitrogens with zero attached hydrogens (tertiary/aromatic N) is 6. The number of aryl methyl sites for hydroxylation is 1. The molecule has 0 fully saturated rings. The van der Waals surface area contributed by atoms with Crippen LogP contribution in [0.5, 0.6) is 5.75 Å². The Hall–Kier alpha value is -4.63. The van der Waals surface area contributed by atoms with Gasteiger partial charge in [-0.05, 0) is 69.9 Å². The highest BCUT2D eigenvalue weighted by atomic mass is 19.4. The number of anilines is 1. The molecule has 0 amide bonds. The lowest BCUT2D eigenvalue weighted by Crippen LogP contribution is -2.25. The zero-order valence-electron chi connectivity index (χ0n) is 22.8. The number of ether oxygens (including phenoxy) is 1. The van der Waals surface area contributed by atoms with Crippen molar-refractivity contribution in [2.75, 3.05) is 12.0 Å². The minimum absolute atomic E-state index is 0.0117. The van der Waals surface area contributed by atoms with Gasteiger partial charge in [-0.2, -0.15) is 44.3 Å². The average Bonchev–Trinajstić information content (AvgIpc) is 3.70. The number of halogens is 9. The Morgan fingerprint density at radius 1 is 0.773 bits per heavy atom. The molecule has 0 aliphatic carbocycles. The van der Waals surface area contributed by atoms with Gasteiger partial charge in [-0.1, -0.05) is 17.2 Å². The second-order valence-electron chi connectivity index (χ2n) is 9.92. The molecule has 1 aliphatic rings. The summed E-state index contributed by atoms with van der Waals surface area (Å²) in [7, 11) is 2.74. The molecule has 3 aromatic carbocycles. The first-order valence-corrected chi connectivity index (χ1v) is 12.7. The highest BCUT2D eigenvalue weighted by Gasteiger charge is 2.37. The molecule has 1 unspecified atom stereocenters. The van der Waals surface area contributed by atoms with Crippen molar-refractivity contribution in [2.24, 2.45) is 12.0 Å². The van der Waals surface area contributed by atoms with Gasteiger partial charge in [-0.15, -0.1) is 5.10 Å². The van der Waals surface area contributed by atoms with Crippen LogP contribution in [-0.4, -0.2) is 33.5 Å². The van der Waals surface area contributed by atoms with Crippen LogP contribution in [-0.2, 0) is 38.7 Å². The van der Waals surface area contributed by atoms with Gasteiger partial charge in [0.1, 0.15) is 11.8 Å². The molecule has 7 nitrogen and oxygen atoms in total. The number of tetrazole rings is 1. The first-order valence-electron chi connectivity index (χ1n) is 12.7. The quantitative estimate of drug-likeness (QED) is 0.192. The van der Waals surface area contributed by atoms with Crippen molar-refractivity contribution in [2.45, 2.75) is 37.7 Å². The Bertz CT molecular complexity index is 1670. The second-order valence-corrected chi connectivity index (χ2v) is 9.92. The molecular weight excluding hydrogens is 607 g/mol. The van der Waals surface area contributed by atoms with Crippen molar-refractivity contribution in [3.63, 3.8) is 0 Å². The lowest BCUT2D eigenvalue weighted by atomic mass is 9.94. The molecule has 1 aliphatic heterocycles. The SMILES string of the molecule is COc1ccc(C2C=N2)cc1-c1ccc(C(F)(F)F)cc1CN(Cc1cc(C(F)(F)F)cc(C(F)(F)F)c1)c1nnn(C)n1. The smallest absolute Gasteiger partial charge is 0.416 e. The van der Waals surface area contributed by atoms with Gasteiger partial charge in [0, 0.05) is 24.9 Å². The Morgan fingerprint density at radius 3 is 1.93 bits per heavy atom. The van der Waals surface area contributed by atoms with E-state index in [1.54, 1.807) is 24.4 Å². The Morgan fingerprint density at radius 2 is 1.41 bits per heavy atom. The molecule has 16 heteroatoms. The summed E-state index contributed by atoms with van der Waals surface area (Å²) in [5, 5.41) is 11.5. The van der Waals surface area contributed by atoms with E-state index in [0.29, 0.717) is 23.4 Å². The maximum Gasteiger partial charge on any atom is 0.416 e. The molecule has 44 heavy (non-hydrogen) atoms. The molecule has 5 rings (SSSR count). The lowest BCUT2D eigenvalue weighted by molar-refractivity contribution is -0.143. The van der Waals surface area contributed by atoms with E-state index in [1.165, 1.54) is 20.2 Å². The summed E-state index contributed by atoms with van der Waals surface area (Å²) in [4.78, 5) is 6.24. The number of methoxy groups -OCH3 is 1. The molecular formula is C28H21F9N6O. The van der Waals surface area contributed by atoms with Crippen LogP contribution in [0, 0.1) is 0 Å². The van der Waals surface area contributed by atoms with Crippen LogP contribution in [0.15, 0.2) is 59.6 Å². The van der Waals surface area contributed by atoms with Crippen LogP contribution < -0.4 is 9.64 Å². The van der Waals surface area contributed by atoms with Gasteiger partial charge in [0.05, 0.1) is 30.8 Å². The molecule has 232 valence electrons. The minimum atomic E-state index is -5.10. The van der Waals surface area contributed by atoms with E-state index >= 15 is 0 Å². The highest BCUT2D eigenvalue weighted by Crippen LogP contribution is 2.41. The normalized spacial score (nSPS) is 15.0. The maximum atomic E-state index is 13.8. The third kappa shape index (κ3) is 6.78. The molecule has 0 radical (unpaired) electrons. The standard InChI is InChI=1S/C28H21F9N6O/c1-42-40-25(39-41-42)43(13-15-7-19(27(32,33)34)11-20(8-15)28(35,36)37)14-17-9-18(26(29,30)31)4-5-21(17)22-10-16(23-12-38-23)3-6-24(22)44-2/h3-12,23H,13-14H2,1-2H3. The maximum absolute atomic E-state index is 13.8. The van der Waals surface area contributed by atoms with Crippen molar-refractivity contribution in [1.82, 2.24) is 20.2 Å². The van der Waals surface area contributed by atoms with E-state index in [9.17, 15) is 39.5 Å². The van der Waals surface area contributed by atoms with E-state index in [2.05, 4.69) is 20.4 Å². The molecule has 0 spiro atoms. The highest BCUT2D eigenvalue weighted by molar-refractivity contribution is 5.82. The number of aromatic nitrogens is 4. The zero-order chi connectivity index (χ0) is 32.0. The van der Waals surface area contributed by atoms with E-state index in [0.717, 1.165) is 27.4 Å². The summed E-state index contributed by atoms with van der Waals surface area (Å²) < 4.78 is 128. The van der Waals surface area contributed by atoms with Gasteiger partial charge in [-0.25, -0.2) is 0 Å². The van der Waals surface area contributed by atoms with Gasteiger partial charge in [0.25, 0.3) is 5.95 Å². The predicted octanol–water partition coefficient (Wildman–Crippen LogP) is 7.27. The summed E-state index contributed by atoms with van der Waals surface area (Å²) in [5.74, 6) is 0.0706. The Balaban J connectivity index is 1.64. The van der Waals surface area contributed by atoms with Crippen molar-refractivity contribution in [1.29, 1.82) is 0 Å². The van der Waals surface area contributed by atoms with E-state index < -0.39 is 53.9 Å². The predicted molar refractivity (Wildman–Crippen MR) is 140 cm³/mol. The van der Waals surface area contributed by atoms with Gasteiger partial charge in [0.15, 0.2) is 0 Å². The first kappa shape index (κ1) is 30.8. The monoisotopic (exact) mass is 628 g/mol. The summed E-state index contributed by atoms with van der Waals surface area (Å²) >= 11 is 0. The molecule has 2 heterocycles. The van der Waals surface area contributed by atoms with Crippen molar-refractivity contribution in [3.8, 4) is 16.9 Å². The van der Waals surface area contributed by atoms with Gasteiger partial charge < -0.3 is 9.64 Å². The van der Waals surface area contributed by atoms with Crippen molar-refractivity contribution in [3.05, 3.63) is 88.0 Å². The molecule has 0 bridgehead atoms. The summed E-state index contributed by atoms with van der Waals surface area (Å²) in [6.07, 6.45) is -13.3. The average molecular weight is 628 g/mol. The lowest BCUT2D eigenvalue weighted by Gasteiger charge is -2.25. The van der Waals surface area contributed by atoms with Gasteiger partial charge in [0.2, 0.25) is 0 Å². The molecule has 1 aromatic heterocycles. The fourth-order valence-corrected chi connectivity index (χ4v) is 4.63. The van der Waals surface area contributed by atoms with Crippen LogP contribution in [0.4, 0.5) is 45.5 Å². The first-order chi connectivity index (χ1) is 20.5. The van der Waals surface area contributed by atoms with Crippen LogP contribution in [0.2, 0.25) is 0 Å². The van der Waals surface area contributed by atoms with Crippen molar-refractivity contribution < 1.29 is 44.3 Å². The van der Waals surface area contributed by atoms with Gasteiger partial charge >= 0.3 is 18.5 Å². The number of rotatable bonds is 8. The van der Waals surface area contributed by atoms with E-state index in [1.807, 2.05) is 0 Å². The molecule has 0 N–H and O–H groups in total. The van der Waals surface area contributed by atoms with E-state index in [4.69, 9.17) is 4.74 Å². The molecule has 0 saturated carbocycles. The third-order valence-electron chi connectivity index (χ3n) is 6.75. The van der Waals surface area contributed by atoms with Crippen LogP contribution in [0.1, 0.15) is 39.4 Å². The Labute approximate surface area is 243 Å². The zero-order valence-corrected chi connectivity index (χ0v) is 22.8. The van der Waals surface area contributed by atoms with Gasteiger partial charge in [-0.3, -0.25) is 4.99 Å². The summed E-state index contributed by atoms with van der Waals surface area (Å²) in [5.41, 5.74) is -3.12. The van der Waals surface area contributed by atoms with Crippen LogP contribution in [0.3, 0.4) is 0 Å². The molecule has 4 aromatic rings.